The maximum Gasteiger partial charge on any atom is 0.306 e. The predicted octanol–water partition coefficient (Wildman–Crippen LogP) is -0.427. The summed E-state index contributed by atoms with van der Waals surface area (Å²) in [7, 11) is -1.26. The van der Waals surface area contributed by atoms with Crippen LogP contribution < -0.4 is 4.72 Å². The van der Waals surface area contributed by atoms with Crippen molar-refractivity contribution < 1.29 is 22.7 Å². The molecule has 0 saturated carbocycles. The Kier molecular flexibility index (Phi) is 8.45. The minimum Gasteiger partial charge on any atom is -0.469 e. The summed E-state index contributed by atoms with van der Waals surface area (Å²) in [4.78, 5) is 24.6. The topological polar surface area (TPSA) is 96.0 Å². The number of hydrogen-bond donors (Lipinski definition) is 1. The van der Waals surface area contributed by atoms with Crippen molar-refractivity contribution in [2.45, 2.75) is 33.2 Å². The van der Waals surface area contributed by atoms with Crippen LogP contribution in [0.15, 0.2) is 0 Å². The number of carbonyl (C=O) groups is 2. The summed E-state index contributed by atoms with van der Waals surface area (Å²) in [6, 6.07) is -0.865. The van der Waals surface area contributed by atoms with Gasteiger partial charge >= 0.3 is 5.97 Å². The smallest absolute Gasteiger partial charge is 0.306 e. The van der Waals surface area contributed by atoms with Gasteiger partial charge in [-0.2, -0.15) is 17.4 Å². The molecule has 0 rings (SSSR count). The number of likely N-dealkylation sites (N-methyl/N-ethyl adjacent to an activating group) is 1. The molecule has 0 aromatic carbocycles. The monoisotopic (exact) mass is 323 g/mol. The van der Waals surface area contributed by atoms with Crippen LogP contribution in [0.25, 0.3) is 0 Å². The highest BCUT2D eigenvalue weighted by Crippen LogP contribution is 2.01. The maximum absolute atomic E-state index is 12.0. The van der Waals surface area contributed by atoms with Gasteiger partial charge in [-0.1, -0.05) is 0 Å². The summed E-state index contributed by atoms with van der Waals surface area (Å²) < 4.78 is 31.8. The van der Waals surface area contributed by atoms with Crippen LogP contribution in [0.1, 0.15) is 27.2 Å². The van der Waals surface area contributed by atoms with Gasteiger partial charge in [-0.3, -0.25) is 9.59 Å². The van der Waals surface area contributed by atoms with Gasteiger partial charge in [0.05, 0.1) is 19.6 Å². The lowest BCUT2D eigenvalue weighted by Gasteiger charge is -2.25. The zero-order valence-corrected chi connectivity index (χ0v) is 14.1. The van der Waals surface area contributed by atoms with Gasteiger partial charge in [-0.25, -0.2) is 0 Å². The first-order valence-corrected chi connectivity index (χ1v) is 8.22. The fraction of sp³-hybridized carbons (Fsp3) is 0.833. The molecule has 0 spiro atoms. The summed E-state index contributed by atoms with van der Waals surface area (Å²) in [6.45, 7) is 6.15. The van der Waals surface area contributed by atoms with Crippen LogP contribution in [0.3, 0.4) is 0 Å². The van der Waals surface area contributed by atoms with E-state index in [0.717, 1.165) is 4.31 Å². The molecule has 0 radical (unpaired) electrons. The number of nitrogens with one attached hydrogen (secondary N) is 1. The average Bonchev–Trinajstić information content (AvgIpc) is 2.44. The molecule has 1 atom stereocenters. The third kappa shape index (κ3) is 6.40. The van der Waals surface area contributed by atoms with E-state index in [-0.39, 0.29) is 18.9 Å². The molecule has 0 saturated heterocycles. The van der Waals surface area contributed by atoms with E-state index in [1.54, 1.807) is 4.90 Å². The molecule has 0 aromatic rings. The molecule has 0 aliphatic rings. The van der Waals surface area contributed by atoms with E-state index in [9.17, 15) is 18.0 Å². The third-order valence-corrected chi connectivity index (χ3v) is 4.69. The fourth-order valence-corrected chi connectivity index (χ4v) is 2.70. The molecule has 8 nitrogen and oxygen atoms in total. The second-order valence-corrected chi connectivity index (χ2v) is 6.31. The number of methoxy groups -OCH3 is 1. The fourth-order valence-electron chi connectivity index (χ4n) is 1.64. The molecule has 0 fully saturated rings. The Morgan fingerprint density at radius 3 is 2.19 bits per heavy atom. The Morgan fingerprint density at radius 2 is 1.76 bits per heavy atom. The van der Waals surface area contributed by atoms with Crippen LogP contribution in [0, 0.1) is 0 Å². The van der Waals surface area contributed by atoms with Crippen molar-refractivity contribution in [2.24, 2.45) is 0 Å². The first-order valence-electron chi connectivity index (χ1n) is 6.78. The largest absolute Gasteiger partial charge is 0.469 e. The molecule has 0 heterocycles. The second-order valence-electron chi connectivity index (χ2n) is 4.50. The van der Waals surface area contributed by atoms with Gasteiger partial charge in [0.1, 0.15) is 0 Å². The van der Waals surface area contributed by atoms with Gasteiger partial charge < -0.3 is 9.64 Å². The number of hydrogen-bond acceptors (Lipinski definition) is 5. The highest BCUT2D eigenvalue weighted by molar-refractivity contribution is 7.87. The number of carbonyl (C=O) groups excluding carboxylic acids is 2. The average molecular weight is 323 g/mol. The van der Waals surface area contributed by atoms with Gasteiger partial charge in [0.25, 0.3) is 10.2 Å². The van der Waals surface area contributed by atoms with Gasteiger partial charge in [0, 0.05) is 26.7 Å². The molecule has 0 aliphatic heterocycles. The first-order chi connectivity index (χ1) is 9.69. The van der Waals surface area contributed by atoms with Crippen molar-refractivity contribution in [1.82, 2.24) is 13.9 Å². The lowest BCUT2D eigenvalue weighted by atomic mass is 10.3. The van der Waals surface area contributed by atoms with E-state index in [4.69, 9.17) is 0 Å². The molecule has 9 heteroatoms. The van der Waals surface area contributed by atoms with E-state index < -0.39 is 22.2 Å². The van der Waals surface area contributed by atoms with Crippen molar-refractivity contribution in [3.8, 4) is 0 Å². The molecule has 0 bridgehead atoms. The van der Waals surface area contributed by atoms with Crippen molar-refractivity contribution >= 4 is 22.1 Å². The maximum atomic E-state index is 12.0. The molecule has 0 aromatic heterocycles. The molecule has 21 heavy (non-hydrogen) atoms. The summed E-state index contributed by atoms with van der Waals surface area (Å²) in [5.74, 6) is -0.783. The van der Waals surface area contributed by atoms with Gasteiger partial charge in [-0.15, -0.1) is 0 Å². The Morgan fingerprint density at radius 1 is 1.24 bits per heavy atom. The lowest BCUT2D eigenvalue weighted by molar-refractivity contribution is -0.140. The minimum absolute atomic E-state index is 0.0197. The highest BCUT2D eigenvalue weighted by atomic mass is 32.2. The van der Waals surface area contributed by atoms with Crippen LogP contribution in [-0.4, -0.2) is 69.3 Å². The standard InChI is InChI=1S/C12H25N3O5S/c1-6-15(7-2)12(17)10(3)13-21(18,19)14(4)9-8-11(16)20-5/h10,13H,6-9H2,1-5H3. The summed E-state index contributed by atoms with van der Waals surface area (Å²) >= 11 is 0. The van der Waals surface area contributed by atoms with Gasteiger partial charge in [0.2, 0.25) is 5.91 Å². The van der Waals surface area contributed by atoms with E-state index in [0.29, 0.717) is 13.1 Å². The number of rotatable bonds is 9. The predicted molar refractivity (Wildman–Crippen MR) is 78.7 cm³/mol. The normalized spacial score (nSPS) is 13.0. The van der Waals surface area contributed by atoms with Crippen molar-refractivity contribution in [1.29, 1.82) is 0 Å². The second kappa shape index (κ2) is 8.96. The Labute approximate surface area is 126 Å². The molecule has 1 N–H and O–H groups in total. The first kappa shape index (κ1) is 19.8. The molecular weight excluding hydrogens is 298 g/mol. The SMILES string of the molecule is CCN(CC)C(=O)C(C)NS(=O)(=O)N(C)CCC(=O)OC. The Hall–Kier alpha value is -1.19. The van der Waals surface area contributed by atoms with Crippen molar-refractivity contribution in [2.75, 3.05) is 33.8 Å². The van der Waals surface area contributed by atoms with E-state index in [1.807, 2.05) is 13.8 Å². The Balaban J connectivity index is 4.65. The number of amides is 1. The van der Waals surface area contributed by atoms with Crippen LogP contribution >= 0.6 is 0 Å². The number of nitrogens with zero attached hydrogens (tertiary/aromatic N) is 2. The molecule has 124 valence electrons. The molecule has 1 unspecified atom stereocenters. The minimum atomic E-state index is -3.83. The number of ether oxygens (including phenoxy) is 1. The molecular formula is C12H25N3O5S. The van der Waals surface area contributed by atoms with Crippen molar-refractivity contribution in [3.63, 3.8) is 0 Å². The van der Waals surface area contributed by atoms with Crippen LogP contribution in [0.5, 0.6) is 0 Å². The van der Waals surface area contributed by atoms with Gasteiger partial charge in [0.15, 0.2) is 0 Å². The molecule has 1 amide bonds. The quantitative estimate of drug-likeness (QED) is 0.581. The van der Waals surface area contributed by atoms with Crippen LogP contribution in [0.4, 0.5) is 0 Å². The van der Waals surface area contributed by atoms with Crippen LogP contribution in [-0.2, 0) is 24.5 Å². The van der Waals surface area contributed by atoms with Gasteiger partial charge in [-0.05, 0) is 20.8 Å². The van der Waals surface area contributed by atoms with Crippen LogP contribution in [0.2, 0.25) is 0 Å². The summed E-state index contributed by atoms with van der Waals surface area (Å²) in [5.41, 5.74) is 0. The summed E-state index contributed by atoms with van der Waals surface area (Å²) in [6.07, 6.45) is -0.0493. The van der Waals surface area contributed by atoms with E-state index in [2.05, 4.69) is 9.46 Å². The van der Waals surface area contributed by atoms with E-state index in [1.165, 1.54) is 21.1 Å². The highest BCUT2D eigenvalue weighted by Gasteiger charge is 2.26. The third-order valence-electron chi connectivity index (χ3n) is 3.04. The zero-order valence-electron chi connectivity index (χ0n) is 13.2. The zero-order chi connectivity index (χ0) is 16.6. The Bertz CT molecular complexity index is 448. The lowest BCUT2D eigenvalue weighted by Crippen LogP contribution is -2.50. The molecule has 0 aliphatic carbocycles. The van der Waals surface area contributed by atoms with Crippen molar-refractivity contribution in [3.05, 3.63) is 0 Å². The number of esters is 1. The van der Waals surface area contributed by atoms with E-state index >= 15 is 0 Å². The summed E-state index contributed by atoms with van der Waals surface area (Å²) in [5, 5.41) is 0.